The Hall–Kier alpha value is -2.11. The molecule has 0 radical (unpaired) electrons. The molecule has 3 rings (SSSR count). The zero-order chi connectivity index (χ0) is 16.1. The van der Waals surface area contributed by atoms with Crippen molar-refractivity contribution in [1.82, 2.24) is 10.3 Å². The maximum Gasteiger partial charge on any atom is 0.160 e. The Labute approximate surface area is 139 Å². The second kappa shape index (κ2) is 7.44. The number of phenols is 1. The molecule has 5 heteroatoms. The van der Waals surface area contributed by atoms with Crippen LogP contribution in [-0.2, 0) is 13.0 Å². The molecular weight excluding hydrogens is 308 g/mol. The fourth-order valence-corrected chi connectivity index (χ4v) is 3.48. The summed E-state index contributed by atoms with van der Waals surface area (Å²) in [6.45, 7) is 1.65. The van der Waals surface area contributed by atoms with Gasteiger partial charge in [0.25, 0.3) is 0 Å². The van der Waals surface area contributed by atoms with E-state index in [1.165, 1.54) is 9.71 Å². The Morgan fingerprint density at radius 2 is 2.09 bits per heavy atom. The van der Waals surface area contributed by atoms with Crippen molar-refractivity contribution in [1.29, 1.82) is 0 Å². The van der Waals surface area contributed by atoms with Gasteiger partial charge in [0.2, 0.25) is 0 Å². The summed E-state index contributed by atoms with van der Waals surface area (Å²) in [5.74, 6) is 0.686. The maximum atomic E-state index is 9.75. The number of hydrogen-bond donors (Lipinski definition) is 2. The first-order chi connectivity index (χ1) is 11.3. The van der Waals surface area contributed by atoms with Gasteiger partial charge >= 0.3 is 0 Å². The first-order valence-electron chi connectivity index (χ1n) is 7.67. The molecule has 0 saturated carbocycles. The van der Waals surface area contributed by atoms with Crippen LogP contribution in [0.1, 0.15) is 17.0 Å². The number of phenolic OH excluding ortho intramolecular Hbond substituents is 1. The van der Waals surface area contributed by atoms with Gasteiger partial charge in [-0.15, -0.1) is 11.3 Å². The Kier molecular flexibility index (Phi) is 5.10. The largest absolute Gasteiger partial charge is 0.504 e. The summed E-state index contributed by atoms with van der Waals surface area (Å²) >= 11 is 1.77. The number of aromatic nitrogens is 1. The van der Waals surface area contributed by atoms with E-state index in [-0.39, 0.29) is 5.75 Å². The van der Waals surface area contributed by atoms with Crippen molar-refractivity contribution in [3.05, 3.63) is 53.0 Å². The predicted molar refractivity (Wildman–Crippen MR) is 94.3 cm³/mol. The van der Waals surface area contributed by atoms with Gasteiger partial charge in [-0.3, -0.25) is 0 Å². The van der Waals surface area contributed by atoms with Crippen molar-refractivity contribution in [2.24, 2.45) is 0 Å². The molecule has 0 aliphatic rings. The molecule has 0 fully saturated rings. The summed E-state index contributed by atoms with van der Waals surface area (Å²) in [5, 5.41) is 14.3. The van der Waals surface area contributed by atoms with Gasteiger partial charge in [0, 0.05) is 13.0 Å². The molecule has 23 heavy (non-hydrogen) atoms. The lowest BCUT2D eigenvalue weighted by molar-refractivity contribution is 0.373. The molecule has 1 heterocycles. The molecule has 2 N–H and O–H groups in total. The Bertz CT molecular complexity index is 753. The molecular formula is C18H20N2O2S. The second-order valence-corrected chi connectivity index (χ2v) is 6.48. The maximum absolute atomic E-state index is 9.75. The first-order valence-corrected chi connectivity index (χ1v) is 8.49. The van der Waals surface area contributed by atoms with Gasteiger partial charge in [0.1, 0.15) is 0 Å². The molecule has 1 aromatic heterocycles. The number of nitrogens with zero attached hydrogens (tertiary/aromatic N) is 1. The SMILES string of the molecule is COc1ccc(CNCCCc2nc3ccccc3s2)cc1O. The van der Waals surface area contributed by atoms with Gasteiger partial charge in [-0.2, -0.15) is 0 Å². The normalized spacial score (nSPS) is 11.0. The van der Waals surface area contributed by atoms with Gasteiger partial charge in [-0.25, -0.2) is 4.98 Å². The monoisotopic (exact) mass is 328 g/mol. The Balaban J connectivity index is 1.44. The van der Waals surface area contributed by atoms with E-state index < -0.39 is 0 Å². The average Bonchev–Trinajstić information content (AvgIpc) is 2.97. The molecule has 3 aromatic rings. The minimum absolute atomic E-state index is 0.182. The number of ether oxygens (including phenoxy) is 1. The van der Waals surface area contributed by atoms with Crippen LogP contribution in [0.4, 0.5) is 0 Å². The summed E-state index contributed by atoms with van der Waals surface area (Å²) in [6, 6.07) is 13.7. The summed E-state index contributed by atoms with van der Waals surface area (Å²) < 4.78 is 6.29. The van der Waals surface area contributed by atoms with E-state index in [1.807, 2.05) is 12.1 Å². The Morgan fingerprint density at radius 1 is 1.22 bits per heavy atom. The van der Waals surface area contributed by atoms with Crippen LogP contribution in [0.25, 0.3) is 10.2 Å². The smallest absolute Gasteiger partial charge is 0.160 e. The number of aryl methyl sites for hydroxylation is 1. The van der Waals surface area contributed by atoms with Crippen LogP contribution in [0.2, 0.25) is 0 Å². The number of nitrogens with one attached hydrogen (secondary N) is 1. The number of methoxy groups -OCH3 is 1. The van der Waals surface area contributed by atoms with Crippen molar-refractivity contribution in [2.45, 2.75) is 19.4 Å². The van der Waals surface area contributed by atoms with Crippen LogP contribution in [-0.4, -0.2) is 23.7 Å². The summed E-state index contributed by atoms with van der Waals surface area (Å²) in [5.41, 5.74) is 2.14. The number of para-hydroxylation sites is 1. The molecule has 0 spiro atoms. The predicted octanol–water partition coefficient (Wildman–Crippen LogP) is 3.73. The van der Waals surface area contributed by atoms with Gasteiger partial charge in [0.05, 0.1) is 22.3 Å². The van der Waals surface area contributed by atoms with Crippen LogP contribution < -0.4 is 10.1 Å². The van der Waals surface area contributed by atoms with Crippen LogP contribution in [0.3, 0.4) is 0 Å². The number of thiazole rings is 1. The first kappa shape index (κ1) is 15.8. The van der Waals surface area contributed by atoms with Crippen LogP contribution in [0, 0.1) is 0 Å². The van der Waals surface area contributed by atoms with Crippen LogP contribution >= 0.6 is 11.3 Å². The lowest BCUT2D eigenvalue weighted by atomic mass is 10.2. The molecule has 0 unspecified atom stereocenters. The number of rotatable bonds is 7. The van der Waals surface area contributed by atoms with Crippen LogP contribution in [0.15, 0.2) is 42.5 Å². The fourth-order valence-electron chi connectivity index (χ4n) is 2.47. The Morgan fingerprint density at radius 3 is 2.87 bits per heavy atom. The van der Waals surface area contributed by atoms with E-state index in [9.17, 15) is 5.11 Å². The standard InChI is InChI=1S/C18H20N2O2S/c1-22-16-9-8-13(11-15(16)21)12-19-10-4-7-18-20-14-5-2-3-6-17(14)23-18/h2-3,5-6,8-9,11,19,21H,4,7,10,12H2,1H3. The van der Waals surface area contributed by atoms with Gasteiger partial charge in [-0.05, 0) is 42.8 Å². The lowest BCUT2D eigenvalue weighted by Gasteiger charge is -2.07. The second-order valence-electron chi connectivity index (χ2n) is 5.36. The van der Waals surface area contributed by atoms with Crippen molar-refractivity contribution in [3.63, 3.8) is 0 Å². The third kappa shape index (κ3) is 4.00. The molecule has 0 atom stereocenters. The average molecular weight is 328 g/mol. The summed E-state index contributed by atoms with van der Waals surface area (Å²) in [7, 11) is 1.55. The quantitative estimate of drug-likeness (QED) is 0.649. The van der Waals surface area contributed by atoms with Gasteiger partial charge in [-0.1, -0.05) is 18.2 Å². The summed E-state index contributed by atoms with van der Waals surface area (Å²) in [6.07, 6.45) is 2.03. The molecule has 0 bridgehead atoms. The molecule has 2 aromatic carbocycles. The van der Waals surface area contributed by atoms with Crippen molar-refractivity contribution in [3.8, 4) is 11.5 Å². The zero-order valence-electron chi connectivity index (χ0n) is 13.1. The van der Waals surface area contributed by atoms with Crippen molar-refractivity contribution < 1.29 is 9.84 Å². The number of benzene rings is 2. The van der Waals surface area contributed by atoms with E-state index in [2.05, 4.69) is 28.5 Å². The van der Waals surface area contributed by atoms with Crippen LogP contribution in [0.5, 0.6) is 11.5 Å². The van der Waals surface area contributed by atoms with E-state index in [4.69, 9.17) is 4.74 Å². The lowest BCUT2D eigenvalue weighted by Crippen LogP contribution is -2.15. The van der Waals surface area contributed by atoms with E-state index in [0.717, 1.165) is 37.0 Å². The highest BCUT2D eigenvalue weighted by Crippen LogP contribution is 2.26. The van der Waals surface area contributed by atoms with E-state index in [1.54, 1.807) is 30.6 Å². The minimum atomic E-state index is 0.182. The van der Waals surface area contributed by atoms with E-state index >= 15 is 0 Å². The highest BCUT2D eigenvalue weighted by molar-refractivity contribution is 7.18. The summed E-state index contributed by atoms with van der Waals surface area (Å²) in [4.78, 5) is 4.64. The molecule has 4 nitrogen and oxygen atoms in total. The molecule has 0 amide bonds. The number of hydrogen-bond acceptors (Lipinski definition) is 5. The highest BCUT2D eigenvalue weighted by atomic mass is 32.1. The third-order valence-corrected chi connectivity index (χ3v) is 4.75. The van der Waals surface area contributed by atoms with Gasteiger partial charge < -0.3 is 15.2 Å². The van der Waals surface area contributed by atoms with E-state index in [0.29, 0.717) is 5.75 Å². The van der Waals surface area contributed by atoms with Gasteiger partial charge in [0.15, 0.2) is 11.5 Å². The zero-order valence-corrected chi connectivity index (χ0v) is 13.9. The number of fused-ring (bicyclic) bond motifs is 1. The molecule has 0 saturated heterocycles. The third-order valence-electron chi connectivity index (χ3n) is 3.65. The van der Waals surface area contributed by atoms with Crippen molar-refractivity contribution >= 4 is 21.6 Å². The fraction of sp³-hybridized carbons (Fsp3) is 0.278. The topological polar surface area (TPSA) is 54.4 Å². The number of aromatic hydroxyl groups is 1. The minimum Gasteiger partial charge on any atom is -0.504 e. The molecule has 0 aliphatic carbocycles. The highest BCUT2D eigenvalue weighted by Gasteiger charge is 2.04. The molecule has 120 valence electrons. The van der Waals surface area contributed by atoms with Crippen molar-refractivity contribution in [2.75, 3.05) is 13.7 Å². The molecule has 0 aliphatic heterocycles.